The number of carbonyl (C=O) groups is 2. The van der Waals surface area contributed by atoms with Crippen molar-refractivity contribution in [2.24, 2.45) is 0 Å². The summed E-state index contributed by atoms with van der Waals surface area (Å²) in [5.41, 5.74) is 0. The van der Waals surface area contributed by atoms with Gasteiger partial charge in [-0.3, -0.25) is 9.68 Å². The summed E-state index contributed by atoms with van der Waals surface area (Å²) < 4.78 is 11.0. The van der Waals surface area contributed by atoms with Crippen LogP contribution < -0.4 is 0 Å². The molecule has 2 saturated heterocycles. The van der Waals surface area contributed by atoms with Crippen LogP contribution in [0.3, 0.4) is 0 Å². The number of aromatic nitrogens is 4. The normalized spacial score (nSPS) is 32.7. The Kier molecular flexibility index (Phi) is 5.83. The van der Waals surface area contributed by atoms with Crippen molar-refractivity contribution >= 4 is 11.9 Å². The maximum absolute atomic E-state index is 12.6. The van der Waals surface area contributed by atoms with Crippen molar-refractivity contribution in [3.8, 4) is 0 Å². The smallest absolute Gasteiger partial charge is 0.339 e. The predicted octanol–water partition coefficient (Wildman–Crippen LogP) is 2.47. The molecule has 2 aliphatic heterocycles. The van der Waals surface area contributed by atoms with Gasteiger partial charge in [-0.1, -0.05) is 10.3 Å². The van der Waals surface area contributed by atoms with Crippen LogP contribution in [0.4, 0.5) is 0 Å². The third kappa shape index (κ3) is 5.01. The Balaban J connectivity index is 0.973. The molecular formula is C24H34N6O6+2. The van der Waals surface area contributed by atoms with Crippen LogP contribution in [-0.4, -0.2) is 81.8 Å². The second kappa shape index (κ2) is 8.91. The number of hydrogen-bond donors (Lipinski definition) is 0. The summed E-state index contributed by atoms with van der Waals surface area (Å²) in [4.78, 5) is 45.6. The zero-order valence-electron chi connectivity index (χ0n) is 20.9. The Bertz CT molecular complexity index is 1030. The van der Waals surface area contributed by atoms with Gasteiger partial charge in [0.1, 0.15) is 40.3 Å². The monoisotopic (exact) mass is 502 g/mol. The topological polar surface area (TPSA) is 130 Å². The number of hydroxylamine groups is 6. The molecule has 36 heavy (non-hydrogen) atoms. The number of piperidine rings is 2. The Hall–Kier alpha value is -2.86. The van der Waals surface area contributed by atoms with E-state index in [4.69, 9.17) is 18.7 Å². The van der Waals surface area contributed by atoms with Crippen LogP contribution in [0.5, 0.6) is 0 Å². The van der Waals surface area contributed by atoms with Crippen LogP contribution in [0.2, 0.25) is 0 Å². The lowest BCUT2D eigenvalue weighted by Crippen LogP contribution is -2.54. The van der Waals surface area contributed by atoms with E-state index >= 15 is 0 Å². The molecule has 12 heteroatoms. The molecule has 2 aromatic heterocycles. The van der Waals surface area contributed by atoms with Gasteiger partial charge in [0.2, 0.25) is 11.8 Å². The molecule has 0 bridgehead atoms. The first-order valence-corrected chi connectivity index (χ1v) is 13.1. The van der Waals surface area contributed by atoms with E-state index in [1.807, 2.05) is 14.1 Å². The van der Waals surface area contributed by atoms with Gasteiger partial charge in [-0.2, -0.15) is 9.97 Å². The number of hydrogen-bond acceptors (Lipinski definition) is 10. The fourth-order valence-electron chi connectivity index (χ4n) is 5.22. The van der Waals surface area contributed by atoms with Gasteiger partial charge in [0.25, 0.3) is 0 Å². The van der Waals surface area contributed by atoms with Crippen molar-refractivity contribution in [1.29, 1.82) is 0 Å². The lowest BCUT2D eigenvalue weighted by molar-refractivity contribution is -1.08. The van der Waals surface area contributed by atoms with Gasteiger partial charge < -0.3 is 9.05 Å². The molecule has 4 fully saturated rings. The van der Waals surface area contributed by atoms with Crippen molar-refractivity contribution in [2.75, 3.05) is 40.3 Å². The molecule has 0 spiro atoms. The van der Waals surface area contributed by atoms with Crippen LogP contribution in [0.1, 0.15) is 98.5 Å². The highest BCUT2D eigenvalue weighted by molar-refractivity contribution is 6.29. The number of likely N-dealkylation sites (tertiary alicyclic amines) is 2. The summed E-state index contributed by atoms with van der Waals surface area (Å²) in [6.45, 7) is 2.24. The van der Waals surface area contributed by atoms with E-state index in [1.165, 1.54) is 0 Å². The summed E-state index contributed by atoms with van der Waals surface area (Å²) in [7, 11) is 3.62. The Morgan fingerprint density at radius 3 is 1.33 bits per heavy atom. The minimum atomic E-state index is -0.961. The van der Waals surface area contributed by atoms with E-state index in [9.17, 15) is 9.59 Å². The van der Waals surface area contributed by atoms with Gasteiger partial charge >= 0.3 is 11.9 Å². The maximum atomic E-state index is 12.6. The third-order valence-corrected chi connectivity index (χ3v) is 8.07. The van der Waals surface area contributed by atoms with Crippen molar-refractivity contribution in [2.45, 2.75) is 75.0 Å². The molecule has 4 heterocycles. The summed E-state index contributed by atoms with van der Waals surface area (Å²) in [6.07, 6.45) is 7.45. The average molecular weight is 503 g/mol. The third-order valence-electron chi connectivity index (χ3n) is 8.07. The highest BCUT2D eigenvalue weighted by Gasteiger charge is 2.44. The number of carbonyl (C=O) groups excluding carboxylic acids is 2. The fourth-order valence-corrected chi connectivity index (χ4v) is 5.22. The Labute approximate surface area is 209 Å². The molecule has 4 aliphatic rings. The van der Waals surface area contributed by atoms with E-state index < -0.39 is 11.9 Å². The van der Waals surface area contributed by atoms with Crippen molar-refractivity contribution in [3.63, 3.8) is 0 Å². The zero-order chi connectivity index (χ0) is 24.9. The van der Waals surface area contributed by atoms with Crippen LogP contribution in [-0.2, 0) is 19.3 Å². The molecule has 2 aromatic rings. The molecule has 194 valence electrons. The zero-order valence-corrected chi connectivity index (χ0v) is 20.9. The first kappa shape index (κ1) is 23.5. The van der Waals surface area contributed by atoms with Crippen molar-refractivity contribution in [1.82, 2.24) is 20.3 Å². The second-order valence-corrected chi connectivity index (χ2v) is 11.3. The minimum absolute atomic E-state index is 0.0281. The molecule has 12 nitrogen and oxygen atoms in total. The second-order valence-electron chi connectivity index (χ2n) is 11.3. The lowest BCUT2D eigenvalue weighted by Gasteiger charge is -2.37. The molecule has 0 aromatic carbocycles. The maximum Gasteiger partial charge on any atom is 0.480 e. The highest BCUT2D eigenvalue weighted by Crippen LogP contribution is 2.40. The van der Waals surface area contributed by atoms with Crippen LogP contribution in [0.25, 0.3) is 0 Å². The van der Waals surface area contributed by atoms with Gasteiger partial charge in [0.15, 0.2) is 11.6 Å². The van der Waals surface area contributed by atoms with Gasteiger partial charge in [0.05, 0.1) is 0 Å². The molecule has 0 radical (unpaired) electrons. The van der Waals surface area contributed by atoms with E-state index in [2.05, 4.69) is 20.3 Å². The van der Waals surface area contributed by atoms with Crippen LogP contribution in [0.15, 0.2) is 9.05 Å². The molecule has 6 rings (SSSR count). The number of nitrogens with zero attached hydrogens (tertiary/aromatic N) is 6. The van der Waals surface area contributed by atoms with E-state index in [0.717, 1.165) is 63.0 Å². The Morgan fingerprint density at radius 2 is 1.00 bits per heavy atom. The quantitative estimate of drug-likeness (QED) is 0.429. The minimum Gasteiger partial charge on any atom is -0.339 e. The summed E-state index contributed by atoms with van der Waals surface area (Å²) in [6, 6.07) is 0. The van der Waals surface area contributed by atoms with E-state index in [0.29, 0.717) is 49.8 Å². The van der Waals surface area contributed by atoms with Gasteiger partial charge in [-0.25, -0.2) is 9.59 Å². The molecule has 2 saturated carbocycles. The van der Waals surface area contributed by atoms with Crippen molar-refractivity contribution in [3.05, 3.63) is 23.4 Å². The standard InChI is InChI=1S/C24H34N6O6/c1-29(11-7-17(8-12-29)21-25-19(27-33-21)15-3-4-15)35-23(31)24(32)36-30(2)13-9-18(10-14-30)22-26-20(28-34-22)16-5-6-16/h15-18H,3-14H2,1-2H3/q+2. The highest BCUT2D eigenvalue weighted by atomic mass is 16.8. The lowest BCUT2D eigenvalue weighted by atomic mass is 9.97. The van der Waals surface area contributed by atoms with Gasteiger partial charge in [-0.05, 0) is 25.7 Å². The molecule has 2 aliphatic carbocycles. The largest absolute Gasteiger partial charge is 0.480 e. The molecular weight excluding hydrogens is 468 g/mol. The predicted molar refractivity (Wildman–Crippen MR) is 121 cm³/mol. The van der Waals surface area contributed by atoms with Gasteiger partial charge in [0, 0.05) is 49.4 Å². The average Bonchev–Trinajstić information content (AvgIpc) is 3.79. The van der Waals surface area contributed by atoms with Crippen molar-refractivity contribution < 1.29 is 37.6 Å². The SMILES string of the molecule is C[N+]1(OC(=O)C(=O)O[N+]2(C)CCC(c3nc(C4CC4)no3)CC2)CCC(c2nc(C3CC3)no2)CC1. The number of quaternary nitrogens is 2. The summed E-state index contributed by atoms with van der Waals surface area (Å²) >= 11 is 0. The molecule has 0 amide bonds. The van der Waals surface area contributed by atoms with Gasteiger partial charge in [-0.15, -0.1) is 9.29 Å². The summed E-state index contributed by atoms with van der Waals surface area (Å²) in [5.74, 6) is 2.22. The van der Waals surface area contributed by atoms with E-state index in [1.54, 1.807) is 0 Å². The molecule has 0 atom stereocenters. The first-order valence-electron chi connectivity index (χ1n) is 13.1. The van der Waals surface area contributed by atoms with E-state index in [-0.39, 0.29) is 21.1 Å². The molecule has 0 N–H and O–H groups in total. The fraction of sp³-hybridized carbons (Fsp3) is 0.750. The molecule has 0 unspecified atom stereocenters. The van der Waals surface area contributed by atoms with Crippen LogP contribution in [0, 0.1) is 0 Å². The number of rotatable bonds is 6. The van der Waals surface area contributed by atoms with Crippen LogP contribution >= 0.6 is 0 Å². The Morgan fingerprint density at radius 1 is 0.639 bits per heavy atom. The first-order chi connectivity index (χ1) is 17.3. The summed E-state index contributed by atoms with van der Waals surface area (Å²) in [5, 5.41) is 8.21.